The number of hydrogen-bond acceptors (Lipinski definition) is 3. The van der Waals surface area contributed by atoms with Gasteiger partial charge in [-0.25, -0.2) is 0 Å². The molecule has 15 heavy (non-hydrogen) atoms. The zero-order valence-corrected chi connectivity index (χ0v) is 9.47. The van der Waals surface area contributed by atoms with Gasteiger partial charge in [-0.15, -0.1) is 0 Å². The lowest BCUT2D eigenvalue weighted by Gasteiger charge is -2.16. The maximum Gasteiger partial charge on any atom is 0.327 e. The summed E-state index contributed by atoms with van der Waals surface area (Å²) in [7, 11) is -8.42. The monoisotopic (exact) mass is 260 g/mol. The quantitative estimate of drug-likeness (QED) is 0.330. The van der Waals surface area contributed by atoms with E-state index in [-0.39, 0.29) is 13.1 Å². The average Bonchev–Trinajstić information content (AvgIpc) is 2.00. The molecule has 0 fully saturated rings. The molecule has 0 aromatic carbocycles. The minimum Gasteiger partial charge on any atom is -0.333 e. The van der Waals surface area contributed by atoms with Crippen molar-refractivity contribution in [3.63, 3.8) is 0 Å². The summed E-state index contributed by atoms with van der Waals surface area (Å²) in [6.07, 6.45) is 0.240. The van der Waals surface area contributed by atoms with Crippen molar-refractivity contribution in [3.05, 3.63) is 0 Å². The van der Waals surface area contributed by atoms with Crippen LogP contribution in [-0.4, -0.2) is 56.3 Å². The second kappa shape index (κ2) is 5.75. The van der Waals surface area contributed by atoms with Crippen molar-refractivity contribution in [2.45, 2.75) is 0 Å². The topological polar surface area (TPSA) is 135 Å². The fourth-order valence-electron chi connectivity index (χ4n) is 0.705. The Morgan fingerprint density at radius 3 is 1.47 bits per heavy atom. The van der Waals surface area contributed by atoms with Gasteiger partial charge < -0.3 is 24.5 Å². The van der Waals surface area contributed by atoms with E-state index in [2.05, 4.69) is 0 Å². The number of hydrogen-bond donors (Lipinski definition) is 4. The third-order valence-electron chi connectivity index (χ3n) is 1.45. The van der Waals surface area contributed by atoms with Crippen LogP contribution >= 0.6 is 15.2 Å². The summed E-state index contributed by atoms with van der Waals surface area (Å²) in [6.45, 7) is -0.568. The van der Waals surface area contributed by atoms with Crippen LogP contribution in [0.15, 0.2) is 0 Å². The van der Waals surface area contributed by atoms with E-state index in [9.17, 15) is 13.9 Å². The highest BCUT2D eigenvalue weighted by atomic mass is 31.2. The van der Waals surface area contributed by atoms with Crippen LogP contribution in [0.4, 0.5) is 0 Å². The van der Waals surface area contributed by atoms with Crippen LogP contribution in [0.5, 0.6) is 0 Å². The Hall–Kier alpha value is -0.230. The fourth-order valence-corrected chi connectivity index (χ4v) is 1.71. The van der Waals surface area contributed by atoms with Crippen molar-refractivity contribution in [1.82, 2.24) is 4.90 Å². The van der Waals surface area contributed by atoms with Gasteiger partial charge in [0.15, 0.2) is 0 Å². The van der Waals surface area contributed by atoms with Gasteiger partial charge in [0.2, 0.25) is 0 Å². The van der Waals surface area contributed by atoms with E-state index in [4.69, 9.17) is 19.6 Å². The third kappa shape index (κ3) is 10.1. The molecule has 0 aliphatic heterocycles. The van der Waals surface area contributed by atoms with Crippen molar-refractivity contribution in [1.29, 1.82) is 0 Å². The molecule has 0 atom stereocenters. The molecule has 0 saturated heterocycles. The van der Waals surface area contributed by atoms with E-state index in [1.807, 2.05) is 0 Å². The minimum absolute atomic E-state index is 0.284. The van der Waals surface area contributed by atoms with Gasteiger partial charge in [-0.1, -0.05) is 0 Å². The Labute approximate surface area is 86.2 Å². The standard InChI is InChI=1S/C5H12NO7P2/c7-5-6(1-3-14(8,9)10)2-4-15(11,12)13/h1-4H2,(H2,8,9,10)(H2,11,12,13). The maximum atomic E-state index is 10.4. The summed E-state index contributed by atoms with van der Waals surface area (Å²) in [4.78, 5) is 45.0. The third-order valence-corrected chi connectivity index (χ3v) is 3.02. The minimum atomic E-state index is -4.21. The van der Waals surface area contributed by atoms with Gasteiger partial charge >= 0.3 is 21.6 Å². The van der Waals surface area contributed by atoms with Gasteiger partial charge in [0.25, 0.3) is 0 Å². The highest BCUT2D eigenvalue weighted by molar-refractivity contribution is 7.52. The molecule has 0 aliphatic rings. The highest BCUT2D eigenvalue weighted by Gasteiger charge is 2.18. The largest absolute Gasteiger partial charge is 0.333 e. The Balaban J connectivity index is 4.00. The molecule has 0 unspecified atom stereocenters. The molecule has 89 valence electrons. The molecule has 0 aliphatic carbocycles. The summed E-state index contributed by atoms with van der Waals surface area (Å²) in [5, 5.41) is 0. The molecule has 0 aromatic heterocycles. The summed E-state index contributed by atoms with van der Waals surface area (Å²) >= 11 is 0. The Morgan fingerprint density at radius 2 is 1.27 bits per heavy atom. The SMILES string of the molecule is O=[C]N(CCP(=O)(O)O)CCP(=O)(O)O. The van der Waals surface area contributed by atoms with Gasteiger partial charge in [-0.2, -0.15) is 0 Å². The van der Waals surface area contributed by atoms with E-state index < -0.39 is 27.5 Å². The number of carbonyl (C=O) groups excluding carboxylic acids is 1. The normalized spacial score (nSPS) is 12.5. The average molecular weight is 260 g/mol. The predicted molar refractivity (Wildman–Crippen MR) is 51.1 cm³/mol. The van der Waals surface area contributed by atoms with Gasteiger partial charge in [0.1, 0.15) is 0 Å². The van der Waals surface area contributed by atoms with E-state index >= 15 is 0 Å². The highest BCUT2D eigenvalue weighted by Crippen LogP contribution is 2.35. The molecule has 0 bridgehead atoms. The van der Waals surface area contributed by atoms with E-state index in [0.29, 0.717) is 0 Å². The van der Waals surface area contributed by atoms with E-state index in [1.54, 1.807) is 0 Å². The lowest BCUT2D eigenvalue weighted by atomic mass is 10.6. The number of nitrogens with zero attached hydrogens (tertiary/aromatic N) is 1. The Kier molecular flexibility index (Phi) is 5.66. The second-order valence-electron chi connectivity index (χ2n) is 2.85. The Morgan fingerprint density at radius 1 is 0.933 bits per heavy atom. The molecule has 0 saturated carbocycles. The molecule has 1 radical (unpaired) electrons. The first-order valence-electron chi connectivity index (χ1n) is 3.86. The molecular formula is C5H12NO7P2. The van der Waals surface area contributed by atoms with Gasteiger partial charge in [0.05, 0.1) is 12.3 Å². The summed E-state index contributed by atoms with van der Waals surface area (Å²) < 4.78 is 20.9. The van der Waals surface area contributed by atoms with Crippen LogP contribution in [0.2, 0.25) is 0 Å². The Bertz CT molecular complexity index is 268. The number of amides is 1. The first-order valence-corrected chi connectivity index (χ1v) is 7.45. The molecule has 0 aromatic rings. The summed E-state index contributed by atoms with van der Waals surface area (Å²) in [5.74, 6) is 0. The van der Waals surface area contributed by atoms with E-state index in [0.717, 1.165) is 4.90 Å². The van der Waals surface area contributed by atoms with Gasteiger partial charge in [0, 0.05) is 13.1 Å². The van der Waals surface area contributed by atoms with Crippen LogP contribution in [-0.2, 0) is 13.9 Å². The van der Waals surface area contributed by atoms with Crippen molar-refractivity contribution in [2.75, 3.05) is 25.4 Å². The first kappa shape index (κ1) is 14.8. The zero-order chi connectivity index (χ0) is 12.1. The first-order chi connectivity index (χ1) is 6.64. The molecule has 10 heteroatoms. The van der Waals surface area contributed by atoms with Crippen LogP contribution in [0.1, 0.15) is 0 Å². The fraction of sp³-hybridized carbons (Fsp3) is 0.800. The van der Waals surface area contributed by atoms with Crippen LogP contribution in [0, 0.1) is 0 Å². The van der Waals surface area contributed by atoms with E-state index in [1.165, 1.54) is 6.41 Å². The zero-order valence-electron chi connectivity index (χ0n) is 7.68. The molecule has 8 nitrogen and oxygen atoms in total. The molecule has 4 N–H and O–H groups in total. The van der Waals surface area contributed by atoms with Crippen molar-refractivity contribution in [2.24, 2.45) is 0 Å². The summed E-state index contributed by atoms with van der Waals surface area (Å²) in [6, 6.07) is 0. The smallest absolute Gasteiger partial charge is 0.327 e. The van der Waals surface area contributed by atoms with Crippen LogP contribution < -0.4 is 0 Å². The predicted octanol–water partition coefficient (Wildman–Crippen LogP) is -1.29. The lowest BCUT2D eigenvalue weighted by molar-refractivity contribution is 0.346. The second-order valence-corrected chi connectivity index (χ2v) is 6.41. The van der Waals surface area contributed by atoms with Crippen molar-refractivity contribution < 1.29 is 33.5 Å². The van der Waals surface area contributed by atoms with Crippen molar-refractivity contribution in [3.8, 4) is 0 Å². The maximum absolute atomic E-state index is 10.4. The lowest BCUT2D eigenvalue weighted by Crippen LogP contribution is -2.28. The molecular weight excluding hydrogens is 248 g/mol. The van der Waals surface area contributed by atoms with Crippen molar-refractivity contribution >= 4 is 21.6 Å². The molecule has 0 rings (SSSR count). The molecule has 1 amide bonds. The number of rotatable bonds is 7. The van der Waals surface area contributed by atoms with Crippen LogP contribution in [0.25, 0.3) is 0 Å². The molecule has 0 heterocycles. The summed E-state index contributed by atoms with van der Waals surface area (Å²) in [5.41, 5.74) is 0. The van der Waals surface area contributed by atoms with Gasteiger partial charge in [-0.05, 0) is 0 Å². The molecule has 0 spiro atoms. The van der Waals surface area contributed by atoms with Gasteiger partial charge in [-0.3, -0.25) is 13.9 Å². The van der Waals surface area contributed by atoms with Crippen LogP contribution in [0.3, 0.4) is 0 Å².